The number of alkyl halides is 2. The van der Waals surface area contributed by atoms with Gasteiger partial charge in [-0.1, -0.05) is 6.92 Å². The Balaban J connectivity index is 2.49. The minimum atomic E-state index is -3.09. The van der Waals surface area contributed by atoms with E-state index in [1.165, 1.54) is 12.1 Å². The lowest BCUT2D eigenvalue weighted by Crippen LogP contribution is -2.24. The number of aliphatic carboxylic acids is 1. The van der Waals surface area contributed by atoms with Crippen LogP contribution in [0.1, 0.15) is 36.5 Å². The van der Waals surface area contributed by atoms with Gasteiger partial charge in [-0.25, -0.2) is 4.79 Å². The predicted molar refractivity (Wildman–Crippen MR) is 93.9 cm³/mol. The van der Waals surface area contributed by atoms with Crippen LogP contribution in [0, 0.1) is 0 Å². The van der Waals surface area contributed by atoms with E-state index >= 15 is 0 Å². The molecule has 136 valence electrons. The molecule has 1 aromatic carbocycles. The van der Waals surface area contributed by atoms with Gasteiger partial charge in [0.05, 0.1) is 8.95 Å². The molecule has 1 aliphatic rings. The van der Waals surface area contributed by atoms with Crippen molar-refractivity contribution in [2.75, 3.05) is 0 Å². The molecule has 5 nitrogen and oxygen atoms in total. The summed E-state index contributed by atoms with van der Waals surface area (Å²) in [4.78, 5) is 24.5. The third-order valence-electron chi connectivity index (χ3n) is 3.55. The highest BCUT2D eigenvalue weighted by Crippen LogP contribution is 2.38. The summed E-state index contributed by atoms with van der Waals surface area (Å²) in [5, 5.41) is 12.6. The quantitative estimate of drug-likeness (QED) is 0.247. The molecule has 0 unspecified atom stereocenters. The van der Waals surface area contributed by atoms with Gasteiger partial charge < -0.3 is 15.2 Å². The smallest absolute Gasteiger partial charge is 0.387 e. The molecule has 2 rings (SSSR count). The van der Waals surface area contributed by atoms with Crippen molar-refractivity contribution in [3.8, 4) is 5.75 Å². The number of hydrogen-bond donors (Lipinski definition) is 2. The molecule has 9 heteroatoms. The number of Topliss-reactive ketones (excluding diaryl/α,β-unsaturated/α-hetero) is 1. The Bertz CT molecular complexity index is 733. The highest BCUT2D eigenvalue weighted by atomic mass is 79.9. The minimum absolute atomic E-state index is 0.0344. The van der Waals surface area contributed by atoms with E-state index in [1.54, 1.807) is 6.92 Å². The normalized spacial score (nSPS) is 15.0. The van der Waals surface area contributed by atoms with E-state index < -0.39 is 23.9 Å². The number of ether oxygens (including phenoxy) is 1. The molecule has 0 aromatic heterocycles. The number of allylic oxidation sites excluding steroid dienone is 1. The van der Waals surface area contributed by atoms with Gasteiger partial charge >= 0.3 is 12.6 Å². The number of carbonyl (C=O) groups excluding carboxylic acids is 1. The standard InChI is InChI=1S/C16H15Br2F2NO4/c1-2-10(21-7-3-4-7)11(15(23)24)13(22)8-5-6-9(17)14(12(8)18)25-16(19)20/h5-7,16,21H,2-4H2,1H3,(H,23,24). The fraction of sp³-hybridized carbons (Fsp3) is 0.375. The topological polar surface area (TPSA) is 75.6 Å². The van der Waals surface area contributed by atoms with E-state index in [4.69, 9.17) is 0 Å². The molecule has 0 atom stereocenters. The molecule has 0 spiro atoms. The SMILES string of the molecule is CCC(NC1CC1)=C(C(=O)O)C(=O)c1ccc(Br)c(OC(F)F)c1Br. The summed E-state index contributed by atoms with van der Waals surface area (Å²) in [6.45, 7) is -1.35. The summed E-state index contributed by atoms with van der Waals surface area (Å²) in [5.74, 6) is -2.42. The molecule has 0 bridgehead atoms. The Morgan fingerprint density at radius 1 is 1.36 bits per heavy atom. The monoisotopic (exact) mass is 481 g/mol. The Labute approximate surface area is 159 Å². The molecule has 2 N–H and O–H groups in total. The lowest BCUT2D eigenvalue weighted by Gasteiger charge is -2.15. The average Bonchev–Trinajstić information content (AvgIpc) is 3.34. The minimum Gasteiger partial charge on any atom is -0.477 e. The van der Waals surface area contributed by atoms with Crippen LogP contribution in [0.5, 0.6) is 5.75 Å². The van der Waals surface area contributed by atoms with Crippen LogP contribution in [0.2, 0.25) is 0 Å². The molecule has 25 heavy (non-hydrogen) atoms. The molecular weight excluding hydrogens is 468 g/mol. The molecular formula is C16H15Br2F2NO4. The van der Waals surface area contributed by atoms with Crippen molar-refractivity contribution in [3.63, 3.8) is 0 Å². The maximum absolute atomic E-state index is 12.8. The second-order valence-electron chi connectivity index (χ2n) is 5.38. The highest BCUT2D eigenvalue weighted by molar-refractivity contribution is 9.11. The second kappa shape index (κ2) is 8.27. The number of carboxylic acid groups (broad SMARTS) is 1. The zero-order chi connectivity index (χ0) is 18.7. The number of carboxylic acids is 1. The Kier molecular flexibility index (Phi) is 6.56. The fourth-order valence-corrected chi connectivity index (χ4v) is 3.54. The fourth-order valence-electron chi connectivity index (χ4n) is 2.23. The largest absolute Gasteiger partial charge is 0.477 e. The van der Waals surface area contributed by atoms with Gasteiger partial charge in [0.15, 0.2) is 5.75 Å². The third kappa shape index (κ3) is 4.78. The number of carbonyl (C=O) groups is 2. The molecule has 0 aliphatic heterocycles. The van der Waals surface area contributed by atoms with Crippen molar-refractivity contribution in [2.24, 2.45) is 0 Å². The number of ketones is 1. The first-order chi connectivity index (χ1) is 11.8. The maximum atomic E-state index is 12.8. The maximum Gasteiger partial charge on any atom is 0.387 e. The van der Waals surface area contributed by atoms with Gasteiger partial charge in [0.25, 0.3) is 0 Å². The molecule has 0 saturated heterocycles. The summed E-state index contributed by atoms with van der Waals surface area (Å²) < 4.78 is 29.7. The summed E-state index contributed by atoms with van der Waals surface area (Å²) >= 11 is 6.14. The van der Waals surface area contributed by atoms with Crippen LogP contribution in [0.25, 0.3) is 0 Å². The van der Waals surface area contributed by atoms with Crippen molar-refractivity contribution >= 4 is 43.6 Å². The number of halogens is 4. The first kappa shape index (κ1) is 19.8. The van der Waals surface area contributed by atoms with E-state index in [0.717, 1.165) is 12.8 Å². The lowest BCUT2D eigenvalue weighted by molar-refractivity contribution is -0.132. The summed E-state index contributed by atoms with van der Waals surface area (Å²) in [6, 6.07) is 2.88. The van der Waals surface area contributed by atoms with Gasteiger partial charge in [-0.05, 0) is 63.3 Å². The van der Waals surface area contributed by atoms with Crippen molar-refractivity contribution < 1.29 is 28.2 Å². The van der Waals surface area contributed by atoms with Crippen LogP contribution in [0.3, 0.4) is 0 Å². The Morgan fingerprint density at radius 3 is 2.48 bits per heavy atom. The first-order valence-corrected chi connectivity index (χ1v) is 9.05. The number of benzene rings is 1. The van der Waals surface area contributed by atoms with Crippen molar-refractivity contribution in [1.29, 1.82) is 0 Å². The molecule has 1 saturated carbocycles. The average molecular weight is 483 g/mol. The number of rotatable bonds is 8. The van der Waals surface area contributed by atoms with Crippen molar-refractivity contribution in [2.45, 2.75) is 38.8 Å². The van der Waals surface area contributed by atoms with Crippen LogP contribution in [-0.4, -0.2) is 29.5 Å². The van der Waals surface area contributed by atoms with Crippen LogP contribution in [-0.2, 0) is 4.79 Å². The zero-order valence-corrected chi connectivity index (χ0v) is 16.3. The molecule has 1 fully saturated rings. The Hall–Kier alpha value is -1.48. The van der Waals surface area contributed by atoms with Gasteiger partial charge in [0.2, 0.25) is 5.78 Å². The second-order valence-corrected chi connectivity index (χ2v) is 7.02. The van der Waals surface area contributed by atoms with Gasteiger partial charge in [0, 0.05) is 17.3 Å². The molecule has 0 heterocycles. The van der Waals surface area contributed by atoms with Gasteiger partial charge in [0.1, 0.15) is 5.57 Å². The van der Waals surface area contributed by atoms with Crippen LogP contribution in [0.4, 0.5) is 8.78 Å². The number of nitrogens with one attached hydrogen (secondary N) is 1. The van der Waals surface area contributed by atoms with Gasteiger partial charge in [-0.2, -0.15) is 8.78 Å². The third-order valence-corrected chi connectivity index (χ3v) is 4.96. The summed E-state index contributed by atoms with van der Waals surface area (Å²) in [6.07, 6.45) is 2.16. The zero-order valence-electron chi connectivity index (χ0n) is 13.1. The van der Waals surface area contributed by atoms with E-state index in [1.807, 2.05) is 0 Å². The van der Waals surface area contributed by atoms with Crippen LogP contribution >= 0.6 is 31.9 Å². The van der Waals surface area contributed by atoms with Crippen molar-refractivity contribution in [3.05, 3.63) is 37.9 Å². The predicted octanol–water partition coefficient (Wildman–Crippen LogP) is 4.50. The summed E-state index contributed by atoms with van der Waals surface area (Å²) in [7, 11) is 0. The van der Waals surface area contributed by atoms with Crippen molar-refractivity contribution in [1.82, 2.24) is 5.32 Å². The molecule has 0 amide bonds. The van der Waals surface area contributed by atoms with E-state index in [0.29, 0.717) is 12.1 Å². The lowest BCUT2D eigenvalue weighted by atomic mass is 10.00. The van der Waals surface area contributed by atoms with Gasteiger partial charge in [-0.15, -0.1) is 0 Å². The van der Waals surface area contributed by atoms with E-state index in [9.17, 15) is 23.5 Å². The van der Waals surface area contributed by atoms with E-state index in [2.05, 4.69) is 41.9 Å². The number of hydrogen-bond acceptors (Lipinski definition) is 4. The summed E-state index contributed by atoms with van der Waals surface area (Å²) in [5.41, 5.74) is -0.147. The Morgan fingerprint density at radius 2 is 2.00 bits per heavy atom. The van der Waals surface area contributed by atoms with Crippen LogP contribution in [0.15, 0.2) is 32.3 Å². The molecule has 1 aromatic rings. The highest BCUT2D eigenvalue weighted by Gasteiger charge is 2.30. The first-order valence-electron chi connectivity index (χ1n) is 7.46. The van der Waals surface area contributed by atoms with Crippen LogP contribution < -0.4 is 10.1 Å². The molecule has 1 aliphatic carbocycles. The van der Waals surface area contributed by atoms with Gasteiger partial charge in [-0.3, -0.25) is 4.79 Å². The molecule has 0 radical (unpaired) electrons. The van der Waals surface area contributed by atoms with E-state index in [-0.39, 0.29) is 26.3 Å².